The molecule has 2 aromatic carbocycles. The molecule has 0 atom stereocenters. The minimum absolute atomic E-state index is 0.223. The highest BCUT2D eigenvalue weighted by molar-refractivity contribution is 9.10. The van der Waals surface area contributed by atoms with Gasteiger partial charge in [-0.1, -0.05) is 86.2 Å². The van der Waals surface area contributed by atoms with Gasteiger partial charge >= 0.3 is 0 Å². The standard InChI is InChI=1S/C33H40Br2N2O/c1-7-9-17-36-27-15-11-21(34)19-25(27)32(3,4)30(36)23-13-14-24(29(23)38)31-33(5,6)26-20-22(35)12-16-28(26)37(31)18-10-8-2/h11-12,15-16,19-20H,7-10,13-14,17-18H2,1-6H3. The van der Waals surface area contributed by atoms with E-state index in [1.165, 1.54) is 33.9 Å². The van der Waals surface area contributed by atoms with E-state index in [9.17, 15) is 4.79 Å². The largest absolute Gasteiger partial charge is 0.344 e. The van der Waals surface area contributed by atoms with Gasteiger partial charge in [0.25, 0.3) is 0 Å². The molecule has 0 saturated heterocycles. The van der Waals surface area contributed by atoms with Crippen molar-refractivity contribution >= 4 is 49.0 Å². The number of allylic oxidation sites excluding steroid dienone is 4. The van der Waals surface area contributed by atoms with Crippen molar-refractivity contribution in [2.45, 2.75) is 90.9 Å². The lowest BCUT2D eigenvalue weighted by molar-refractivity contribution is -0.111. The Hall–Kier alpha value is -1.85. The number of benzene rings is 2. The zero-order valence-electron chi connectivity index (χ0n) is 23.7. The molecule has 0 N–H and O–H groups in total. The Kier molecular flexibility index (Phi) is 7.49. The van der Waals surface area contributed by atoms with Crippen molar-refractivity contribution < 1.29 is 4.79 Å². The number of hydrogen-bond donors (Lipinski definition) is 0. The van der Waals surface area contributed by atoms with E-state index >= 15 is 0 Å². The summed E-state index contributed by atoms with van der Waals surface area (Å²) in [5.74, 6) is 0.262. The van der Waals surface area contributed by atoms with Crippen LogP contribution in [-0.2, 0) is 15.6 Å². The first-order valence-corrected chi connectivity index (χ1v) is 15.8. The highest BCUT2D eigenvalue weighted by atomic mass is 79.9. The molecule has 0 spiro atoms. The van der Waals surface area contributed by atoms with Crippen LogP contribution in [0.3, 0.4) is 0 Å². The summed E-state index contributed by atoms with van der Waals surface area (Å²) in [6.07, 6.45) is 6.09. The molecule has 38 heavy (non-hydrogen) atoms. The lowest BCUT2D eigenvalue weighted by atomic mass is 9.80. The lowest BCUT2D eigenvalue weighted by Gasteiger charge is -2.30. The second-order valence-electron chi connectivity index (χ2n) is 12.1. The molecule has 202 valence electrons. The van der Waals surface area contributed by atoms with Crippen molar-refractivity contribution in [2.24, 2.45) is 0 Å². The van der Waals surface area contributed by atoms with E-state index in [0.29, 0.717) is 0 Å². The first-order valence-electron chi connectivity index (χ1n) is 14.2. The maximum absolute atomic E-state index is 14.5. The molecule has 5 rings (SSSR count). The summed E-state index contributed by atoms with van der Waals surface area (Å²) >= 11 is 7.40. The van der Waals surface area contributed by atoms with Crippen molar-refractivity contribution in [1.82, 2.24) is 0 Å². The first-order chi connectivity index (χ1) is 18.0. The number of carbonyl (C=O) groups excluding carboxylic acids is 1. The van der Waals surface area contributed by atoms with Gasteiger partial charge in [0.2, 0.25) is 0 Å². The fourth-order valence-corrected chi connectivity index (χ4v) is 7.67. The number of nitrogens with zero attached hydrogens (tertiary/aromatic N) is 2. The second-order valence-corrected chi connectivity index (χ2v) is 13.9. The minimum atomic E-state index is -0.223. The van der Waals surface area contributed by atoms with E-state index in [1.54, 1.807) is 0 Å². The van der Waals surface area contributed by atoms with E-state index in [1.807, 2.05) is 0 Å². The molecule has 0 amide bonds. The van der Waals surface area contributed by atoms with Crippen LogP contribution in [0, 0.1) is 0 Å². The van der Waals surface area contributed by atoms with E-state index in [-0.39, 0.29) is 16.6 Å². The number of fused-ring (bicyclic) bond motifs is 2. The smallest absolute Gasteiger partial charge is 0.188 e. The molecule has 0 aromatic heterocycles. The van der Waals surface area contributed by atoms with Crippen LogP contribution in [0.25, 0.3) is 0 Å². The molecule has 2 aliphatic heterocycles. The Bertz CT molecular complexity index is 1250. The number of hydrogen-bond acceptors (Lipinski definition) is 3. The zero-order valence-corrected chi connectivity index (χ0v) is 26.9. The average Bonchev–Trinajstić information content (AvgIpc) is 3.41. The molecule has 3 aliphatic rings. The van der Waals surface area contributed by atoms with Crippen LogP contribution >= 0.6 is 31.9 Å². The molecule has 5 heteroatoms. The third-order valence-electron chi connectivity index (χ3n) is 8.78. The van der Waals surface area contributed by atoms with Crippen molar-refractivity contribution in [2.75, 3.05) is 22.9 Å². The normalized spacial score (nSPS) is 23.4. The molecule has 0 radical (unpaired) electrons. The third kappa shape index (κ3) is 4.33. The summed E-state index contributed by atoms with van der Waals surface area (Å²) in [7, 11) is 0. The van der Waals surface area contributed by atoms with Crippen LogP contribution in [0.15, 0.2) is 67.9 Å². The maximum atomic E-state index is 14.5. The predicted molar refractivity (Wildman–Crippen MR) is 167 cm³/mol. The monoisotopic (exact) mass is 638 g/mol. The summed E-state index contributed by atoms with van der Waals surface area (Å²) < 4.78 is 2.18. The van der Waals surface area contributed by atoms with Gasteiger partial charge in [0.1, 0.15) is 0 Å². The van der Waals surface area contributed by atoms with Crippen LogP contribution in [0.4, 0.5) is 11.4 Å². The molecule has 3 nitrogen and oxygen atoms in total. The summed E-state index contributed by atoms with van der Waals surface area (Å²) in [6.45, 7) is 15.6. The Morgan fingerprint density at radius 1 is 0.711 bits per heavy atom. The van der Waals surface area contributed by atoms with E-state index in [0.717, 1.165) is 71.7 Å². The average molecular weight is 641 g/mol. The van der Waals surface area contributed by atoms with Gasteiger partial charge in [-0.3, -0.25) is 4.79 Å². The molecule has 0 unspecified atom stereocenters. The second kappa shape index (κ2) is 10.3. The van der Waals surface area contributed by atoms with Gasteiger partial charge in [-0.25, -0.2) is 0 Å². The lowest BCUT2D eigenvalue weighted by Crippen LogP contribution is -2.31. The molecule has 2 heterocycles. The Morgan fingerprint density at radius 3 is 1.47 bits per heavy atom. The molecular weight excluding hydrogens is 600 g/mol. The number of anilines is 2. The molecule has 1 saturated carbocycles. The van der Waals surface area contributed by atoms with Crippen molar-refractivity contribution in [3.05, 3.63) is 79.0 Å². The van der Waals surface area contributed by atoms with Gasteiger partial charge in [0.15, 0.2) is 5.78 Å². The number of ketones is 1. The highest BCUT2D eigenvalue weighted by Crippen LogP contribution is 2.55. The van der Waals surface area contributed by atoms with Crippen LogP contribution in [0.5, 0.6) is 0 Å². The van der Waals surface area contributed by atoms with E-state index in [4.69, 9.17) is 0 Å². The van der Waals surface area contributed by atoms with Gasteiger partial charge in [-0.2, -0.15) is 0 Å². The van der Waals surface area contributed by atoms with E-state index in [2.05, 4.69) is 120 Å². The maximum Gasteiger partial charge on any atom is 0.188 e. The van der Waals surface area contributed by atoms with Gasteiger partial charge in [0, 0.05) is 66.8 Å². The van der Waals surface area contributed by atoms with Crippen LogP contribution in [0.2, 0.25) is 0 Å². The van der Waals surface area contributed by atoms with Gasteiger partial charge < -0.3 is 9.80 Å². The van der Waals surface area contributed by atoms with Crippen LogP contribution in [-0.4, -0.2) is 18.9 Å². The van der Waals surface area contributed by atoms with Gasteiger partial charge in [0.05, 0.1) is 0 Å². The number of carbonyl (C=O) groups is 1. The Labute approximate surface area is 245 Å². The molecule has 2 aromatic rings. The number of unbranched alkanes of at least 4 members (excludes halogenated alkanes) is 2. The minimum Gasteiger partial charge on any atom is -0.344 e. The fraction of sp³-hybridized carbons (Fsp3) is 0.485. The van der Waals surface area contributed by atoms with Crippen molar-refractivity contribution in [3.63, 3.8) is 0 Å². The summed E-state index contributed by atoms with van der Waals surface area (Å²) in [6, 6.07) is 13.2. The number of halogens is 2. The van der Waals surface area contributed by atoms with E-state index < -0.39 is 0 Å². The highest BCUT2D eigenvalue weighted by Gasteiger charge is 2.48. The number of Topliss-reactive ketones (excluding diaryl/α,β-unsaturated/α-hetero) is 1. The van der Waals surface area contributed by atoms with Crippen molar-refractivity contribution in [1.29, 1.82) is 0 Å². The Balaban J connectivity index is 1.67. The summed E-state index contributed by atoms with van der Waals surface area (Å²) in [5.41, 5.74) is 9.15. The molecular formula is C33H40Br2N2O. The topological polar surface area (TPSA) is 23.6 Å². The predicted octanol–water partition coefficient (Wildman–Crippen LogP) is 9.58. The molecule has 1 aliphatic carbocycles. The van der Waals surface area contributed by atoms with Gasteiger partial charge in [-0.15, -0.1) is 0 Å². The summed E-state index contributed by atoms with van der Waals surface area (Å²) in [4.78, 5) is 19.5. The molecule has 1 fully saturated rings. The SMILES string of the molecule is CCCCN1C(=C2CCC(=C3N(CCCC)c4ccc(Br)cc4C3(C)C)C2=O)C(C)(C)c2cc(Br)ccc21. The first kappa shape index (κ1) is 27.7. The van der Waals surface area contributed by atoms with Crippen molar-refractivity contribution in [3.8, 4) is 0 Å². The number of rotatable bonds is 6. The Morgan fingerprint density at radius 2 is 1.11 bits per heavy atom. The van der Waals surface area contributed by atoms with Crippen LogP contribution < -0.4 is 9.80 Å². The fourth-order valence-electron chi connectivity index (χ4n) is 6.95. The summed E-state index contributed by atoms with van der Waals surface area (Å²) in [5, 5.41) is 0. The zero-order chi connectivity index (χ0) is 27.4. The molecule has 0 bridgehead atoms. The van der Waals surface area contributed by atoms with Gasteiger partial charge in [-0.05, 0) is 73.2 Å². The van der Waals surface area contributed by atoms with Crippen LogP contribution in [0.1, 0.15) is 91.2 Å². The third-order valence-corrected chi connectivity index (χ3v) is 9.77. The quantitative estimate of drug-likeness (QED) is 0.294.